The average Bonchev–Trinajstić information content (AvgIpc) is 2.48. The predicted molar refractivity (Wildman–Crippen MR) is 82.6 cm³/mol. The molecule has 5 heteroatoms. The van der Waals surface area contributed by atoms with Gasteiger partial charge in [0.2, 0.25) is 5.91 Å². The van der Waals surface area contributed by atoms with Gasteiger partial charge in [-0.2, -0.15) is 0 Å². The largest absolute Gasteiger partial charge is 0.506 e. The zero-order chi connectivity index (χ0) is 15.9. The van der Waals surface area contributed by atoms with Crippen LogP contribution in [0.4, 0.5) is 10.1 Å². The van der Waals surface area contributed by atoms with Crippen molar-refractivity contribution in [1.29, 1.82) is 0 Å². The number of aromatic hydroxyl groups is 1. The Morgan fingerprint density at radius 1 is 1.23 bits per heavy atom. The molecule has 0 aromatic heterocycles. The molecule has 0 radical (unpaired) electrons. The summed E-state index contributed by atoms with van der Waals surface area (Å²) in [6.07, 6.45) is 0.796. The Morgan fingerprint density at radius 3 is 2.64 bits per heavy atom. The highest BCUT2D eigenvalue weighted by atomic mass is 19.1. The van der Waals surface area contributed by atoms with E-state index in [1.807, 2.05) is 13.0 Å². The van der Waals surface area contributed by atoms with E-state index < -0.39 is 0 Å². The molecule has 0 atom stereocenters. The van der Waals surface area contributed by atoms with Gasteiger partial charge in [0.15, 0.2) is 0 Å². The maximum absolute atomic E-state index is 12.7. The number of halogens is 1. The smallest absolute Gasteiger partial charge is 0.224 e. The van der Waals surface area contributed by atoms with E-state index >= 15 is 0 Å². The van der Waals surface area contributed by atoms with Crippen LogP contribution in [-0.4, -0.2) is 17.6 Å². The molecule has 116 valence electrons. The number of phenolic OH excluding ortho intramolecular Hbond substituents is 1. The molecule has 2 aromatic carbocycles. The molecule has 0 fully saturated rings. The van der Waals surface area contributed by atoms with Gasteiger partial charge >= 0.3 is 0 Å². The molecule has 0 saturated heterocycles. The Kier molecular flexibility index (Phi) is 5.36. The quantitative estimate of drug-likeness (QED) is 0.633. The topological polar surface area (TPSA) is 58.6 Å². The summed E-state index contributed by atoms with van der Waals surface area (Å²) in [6, 6.07) is 10.8. The monoisotopic (exact) mass is 303 g/mol. The second-order valence-corrected chi connectivity index (χ2v) is 4.97. The van der Waals surface area contributed by atoms with Crippen LogP contribution in [0.2, 0.25) is 0 Å². The minimum Gasteiger partial charge on any atom is -0.506 e. The van der Waals surface area contributed by atoms with Crippen LogP contribution >= 0.6 is 0 Å². The van der Waals surface area contributed by atoms with Gasteiger partial charge in [0.05, 0.1) is 12.3 Å². The summed E-state index contributed by atoms with van der Waals surface area (Å²) < 4.78 is 18.1. The number of amides is 1. The third-order valence-corrected chi connectivity index (χ3v) is 3.06. The van der Waals surface area contributed by atoms with E-state index in [1.165, 1.54) is 12.1 Å². The average molecular weight is 303 g/mol. The van der Waals surface area contributed by atoms with E-state index in [0.29, 0.717) is 24.5 Å². The number of benzene rings is 2. The lowest BCUT2D eigenvalue weighted by atomic mass is 10.2. The van der Waals surface area contributed by atoms with Crippen LogP contribution < -0.4 is 10.1 Å². The Labute approximate surface area is 128 Å². The van der Waals surface area contributed by atoms with Gasteiger partial charge in [-0.05, 0) is 55.3 Å². The van der Waals surface area contributed by atoms with Crippen molar-refractivity contribution in [2.75, 3.05) is 11.9 Å². The van der Waals surface area contributed by atoms with Gasteiger partial charge < -0.3 is 15.2 Å². The van der Waals surface area contributed by atoms with E-state index in [4.69, 9.17) is 4.74 Å². The van der Waals surface area contributed by atoms with Crippen molar-refractivity contribution in [2.24, 2.45) is 0 Å². The Bertz CT molecular complexity index is 641. The lowest BCUT2D eigenvalue weighted by Gasteiger charge is -2.09. The maximum Gasteiger partial charge on any atom is 0.224 e. The lowest BCUT2D eigenvalue weighted by Crippen LogP contribution is -2.13. The van der Waals surface area contributed by atoms with Crippen LogP contribution in [0.25, 0.3) is 0 Å². The van der Waals surface area contributed by atoms with Crippen LogP contribution in [0.3, 0.4) is 0 Å². The Morgan fingerprint density at radius 2 is 1.95 bits per heavy atom. The fourth-order valence-corrected chi connectivity index (χ4v) is 1.91. The summed E-state index contributed by atoms with van der Waals surface area (Å²) in [5.41, 5.74) is 1.32. The van der Waals surface area contributed by atoms with E-state index in [-0.39, 0.29) is 23.9 Å². The van der Waals surface area contributed by atoms with Crippen LogP contribution in [0, 0.1) is 12.7 Å². The molecule has 2 rings (SSSR count). The fourth-order valence-electron chi connectivity index (χ4n) is 1.91. The first kappa shape index (κ1) is 15.8. The SMILES string of the molecule is Cc1ccc(NC(=O)CCCOc2ccc(F)cc2)c(O)c1. The standard InChI is InChI=1S/C17H18FNO3/c1-12-4-9-15(16(20)11-12)19-17(21)3-2-10-22-14-7-5-13(18)6-8-14/h4-9,11,20H,2-3,10H2,1H3,(H,19,21). The van der Waals surface area contributed by atoms with E-state index in [2.05, 4.69) is 5.32 Å². The van der Waals surface area contributed by atoms with Crippen LogP contribution in [0.5, 0.6) is 11.5 Å². The molecule has 0 aliphatic carbocycles. The first-order valence-corrected chi connectivity index (χ1v) is 7.02. The van der Waals surface area contributed by atoms with Crippen LogP contribution in [0.15, 0.2) is 42.5 Å². The van der Waals surface area contributed by atoms with Gasteiger partial charge in [-0.3, -0.25) is 4.79 Å². The maximum atomic E-state index is 12.7. The molecule has 0 bridgehead atoms. The highest BCUT2D eigenvalue weighted by Crippen LogP contribution is 2.24. The van der Waals surface area contributed by atoms with Crippen molar-refractivity contribution in [2.45, 2.75) is 19.8 Å². The first-order valence-electron chi connectivity index (χ1n) is 7.02. The van der Waals surface area contributed by atoms with Gasteiger partial charge in [-0.1, -0.05) is 6.07 Å². The molecule has 22 heavy (non-hydrogen) atoms. The summed E-state index contributed by atoms with van der Waals surface area (Å²) in [4.78, 5) is 11.8. The van der Waals surface area contributed by atoms with E-state index in [9.17, 15) is 14.3 Å². The van der Waals surface area contributed by atoms with Crippen LogP contribution in [-0.2, 0) is 4.79 Å². The number of hydrogen-bond donors (Lipinski definition) is 2. The molecule has 4 nitrogen and oxygen atoms in total. The molecule has 2 aromatic rings. The van der Waals surface area contributed by atoms with E-state index in [0.717, 1.165) is 5.56 Å². The van der Waals surface area contributed by atoms with Gasteiger partial charge in [0, 0.05) is 6.42 Å². The second kappa shape index (κ2) is 7.45. The lowest BCUT2D eigenvalue weighted by molar-refractivity contribution is -0.116. The Balaban J connectivity index is 1.72. The van der Waals surface area contributed by atoms with Crippen molar-refractivity contribution in [3.8, 4) is 11.5 Å². The molecule has 0 aliphatic heterocycles. The zero-order valence-electron chi connectivity index (χ0n) is 12.3. The third kappa shape index (κ3) is 4.77. The molecule has 1 amide bonds. The van der Waals surface area contributed by atoms with Crippen molar-refractivity contribution in [3.05, 3.63) is 53.8 Å². The molecule has 0 saturated carbocycles. The number of nitrogens with one attached hydrogen (secondary N) is 1. The number of ether oxygens (including phenoxy) is 1. The molecule has 0 aliphatic rings. The molecule has 2 N–H and O–H groups in total. The van der Waals surface area contributed by atoms with Crippen LogP contribution in [0.1, 0.15) is 18.4 Å². The van der Waals surface area contributed by atoms with E-state index in [1.54, 1.807) is 24.3 Å². The van der Waals surface area contributed by atoms with Gasteiger partial charge in [-0.25, -0.2) is 4.39 Å². The number of hydrogen-bond acceptors (Lipinski definition) is 3. The van der Waals surface area contributed by atoms with Crippen molar-refractivity contribution >= 4 is 11.6 Å². The molecular formula is C17H18FNO3. The minimum absolute atomic E-state index is 0.0518. The minimum atomic E-state index is -0.315. The number of rotatable bonds is 6. The van der Waals surface area contributed by atoms with Crippen molar-refractivity contribution in [3.63, 3.8) is 0 Å². The molecule has 0 unspecified atom stereocenters. The van der Waals surface area contributed by atoms with Gasteiger partial charge in [0.1, 0.15) is 17.3 Å². The number of carbonyl (C=O) groups excluding carboxylic acids is 1. The van der Waals surface area contributed by atoms with Gasteiger partial charge in [0.25, 0.3) is 0 Å². The summed E-state index contributed by atoms with van der Waals surface area (Å²) in [7, 11) is 0. The van der Waals surface area contributed by atoms with Crippen molar-refractivity contribution < 1.29 is 19.0 Å². The van der Waals surface area contributed by atoms with Gasteiger partial charge in [-0.15, -0.1) is 0 Å². The fraction of sp³-hybridized carbons (Fsp3) is 0.235. The summed E-state index contributed by atoms with van der Waals surface area (Å²) >= 11 is 0. The summed E-state index contributed by atoms with van der Waals surface area (Å²) in [5.74, 6) is 0.111. The highest BCUT2D eigenvalue weighted by Gasteiger charge is 2.06. The molecule has 0 spiro atoms. The number of carbonyl (C=O) groups is 1. The zero-order valence-corrected chi connectivity index (χ0v) is 12.3. The predicted octanol–water partition coefficient (Wildman–Crippen LogP) is 3.64. The normalized spacial score (nSPS) is 10.3. The second-order valence-electron chi connectivity index (χ2n) is 4.97. The first-order chi connectivity index (χ1) is 10.5. The molecule has 0 heterocycles. The molecular weight excluding hydrogens is 285 g/mol. The third-order valence-electron chi connectivity index (χ3n) is 3.06. The number of anilines is 1. The van der Waals surface area contributed by atoms with Crippen molar-refractivity contribution in [1.82, 2.24) is 0 Å². The highest BCUT2D eigenvalue weighted by molar-refractivity contribution is 5.92. The number of aryl methyl sites for hydroxylation is 1. The summed E-state index contributed by atoms with van der Waals surface area (Å²) in [5, 5.41) is 12.4. The number of phenols is 1. The Hall–Kier alpha value is -2.56. The summed E-state index contributed by atoms with van der Waals surface area (Å²) in [6.45, 7) is 2.22.